The molecule has 2 unspecified atom stereocenters. The molecule has 0 amide bonds. The minimum Gasteiger partial charge on any atom is -0.373 e. The molecule has 0 aliphatic carbocycles. The fraction of sp³-hybridized carbons (Fsp3) is 0.143. The van der Waals surface area contributed by atoms with Crippen LogP contribution >= 0.6 is 0 Å². The Morgan fingerprint density at radius 1 is 0.647 bits per heavy atom. The van der Waals surface area contributed by atoms with E-state index in [1.807, 2.05) is 0 Å². The lowest BCUT2D eigenvalue weighted by Gasteiger charge is -2.31. The number of nitrogens with one attached hydrogen (secondary N) is 3. The molecular weight excluding hydrogens is 210 g/mol. The van der Waals surface area contributed by atoms with Crippen molar-refractivity contribution in [3.63, 3.8) is 0 Å². The molecule has 0 aromatic heterocycles. The highest BCUT2D eigenvalue weighted by Crippen LogP contribution is 2.41. The first kappa shape index (κ1) is 8.93. The van der Waals surface area contributed by atoms with Crippen molar-refractivity contribution >= 4 is 17.1 Å². The summed E-state index contributed by atoms with van der Waals surface area (Å²) >= 11 is 0. The van der Waals surface area contributed by atoms with Gasteiger partial charge in [-0.3, -0.25) is 0 Å². The van der Waals surface area contributed by atoms with Gasteiger partial charge in [0.15, 0.2) is 0 Å². The van der Waals surface area contributed by atoms with Crippen molar-refractivity contribution in [1.29, 1.82) is 0 Å². The highest BCUT2D eigenvalue weighted by atomic mass is 15.2. The zero-order chi connectivity index (χ0) is 11.2. The zero-order valence-electron chi connectivity index (χ0n) is 9.27. The molecule has 2 heterocycles. The van der Waals surface area contributed by atoms with Gasteiger partial charge in [-0.2, -0.15) is 0 Å². The van der Waals surface area contributed by atoms with E-state index >= 15 is 0 Å². The summed E-state index contributed by atoms with van der Waals surface area (Å²) in [5, 5.41) is 10.6. The predicted molar refractivity (Wildman–Crippen MR) is 70.3 cm³/mol. The second-order valence-corrected chi connectivity index (χ2v) is 4.52. The summed E-state index contributed by atoms with van der Waals surface area (Å²) in [5.74, 6) is 0. The molecule has 3 nitrogen and oxygen atoms in total. The third kappa shape index (κ3) is 1.22. The zero-order valence-corrected chi connectivity index (χ0v) is 9.27. The molecule has 2 aromatic carbocycles. The first-order chi connectivity index (χ1) is 8.42. The maximum Gasteiger partial charge on any atom is 0.122 e. The van der Waals surface area contributed by atoms with Gasteiger partial charge in [-0.1, -0.05) is 30.3 Å². The molecule has 0 bridgehead atoms. The Labute approximate surface area is 99.9 Å². The molecule has 4 rings (SSSR count). The van der Waals surface area contributed by atoms with Crippen LogP contribution in [0.5, 0.6) is 0 Å². The normalized spacial score (nSPS) is 23.5. The Balaban J connectivity index is 1.79. The van der Waals surface area contributed by atoms with Crippen molar-refractivity contribution in [2.45, 2.75) is 12.2 Å². The van der Waals surface area contributed by atoms with E-state index < -0.39 is 0 Å². The molecule has 2 aliphatic heterocycles. The highest BCUT2D eigenvalue weighted by Gasteiger charge is 2.35. The van der Waals surface area contributed by atoms with Crippen molar-refractivity contribution < 1.29 is 0 Å². The standard InChI is InChI=1S/C14H13N3/c1-2-6-10-9(5-1)13-14(16-10)17-12-8-4-3-7-11(12)15-13/h1-8,13-17H. The first-order valence-corrected chi connectivity index (χ1v) is 5.89. The van der Waals surface area contributed by atoms with Crippen LogP contribution in [0.3, 0.4) is 0 Å². The molecule has 3 heteroatoms. The minimum absolute atomic E-state index is 0.238. The number of fused-ring (bicyclic) bond motifs is 4. The maximum atomic E-state index is 3.59. The molecule has 0 fully saturated rings. The Kier molecular flexibility index (Phi) is 1.66. The van der Waals surface area contributed by atoms with Gasteiger partial charge in [-0.15, -0.1) is 0 Å². The molecule has 0 spiro atoms. The Bertz CT molecular complexity index is 573. The van der Waals surface area contributed by atoms with Crippen LogP contribution in [-0.2, 0) is 0 Å². The largest absolute Gasteiger partial charge is 0.373 e. The Morgan fingerprint density at radius 2 is 1.24 bits per heavy atom. The van der Waals surface area contributed by atoms with Gasteiger partial charge in [-0.25, -0.2) is 0 Å². The lowest BCUT2D eigenvalue weighted by Crippen LogP contribution is -2.37. The van der Waals surface area contributed by atoms with Crippen LogP contribution < -0.4 is 16.0 Å². The highest BCUT2D eigenvalue weighted by molar-refractivity contribution is 5.76. The average molecular weight is 223 g/mol. The molecule has 2 aliphatic rings. The summed E-state index contributed by atoms with van der Waals surface area (Å²) in [6.45, 7) is 0. The third-order valence-corrected chi connectivity index (χ3v) is 3.49. The Morgan fingerprint density at radius 3 is 2.06 bits per heavy atom. The van der Waals surface area contributed by atoms with Crippen molar-refractivity contribution in [3.8, 4) is 0 Å². The smallest absolute Gasteiger partial charge is 0.122 e. The molecule has 0 saturated carbocycles. The number of para-hydroxylation sites is 3. The molecule has 2 aromatic rings. The summed E-state index contributed by atoms with van der Waals surface area (Å²) in [5.41, 5.74) is 4.89. The van der Waals surface area contributed by atoms with Crippen LogP contribution in [0, 0.1) is 0 Å². The fourth-order valence-corrected chi connectivity index (χ4v) is 2.68. The summed E-state index contributed by atoms with van der Waals surface area (Å²) in [6.07, 6.45) is 0.238. The van der Waals surface area contributed by atoms with Crippen LogP contribution in [0.1, 0.15) is 11.6 Å². The maximum absolute atomic E-state index is 3.59. The van der Waals surface area contributed by atoms with Gasteiger partial charge in [0.1, 0.15) is 6.17 Å². The van der Waals surface area contributed by atoms with E-state index in [9.17, 15) is 0 Å². The van der Waals surface area contributed by atoms with E-state index in [-0.39, 0.29) is 6.17 Å². The van der Waals surface area contributed by atoms with Gasteiger partial charge in [0, 0.05) is 11.3 Å². The van der Waals surface area contributed by atoms with E-state index in [4.69, 9.17) is 0 Å². The Hall–Kier alpha value is -2.16. The van der Waals surface area contributed by atoms with Crippen molar-refractivity contribution in [1.82, 2.24) is 0 Å². The summed E-state index contributed by atoms with van der Waals surface area (Å²) < 4.78 is 0. The number of hydrogen-bond donors (Lipinski definition) is 3. The van der Waals surface area contributed by atoms with Crippen LogP contribution in [0.25, 0.3) is 0 Å². The number of hydrogen-bond acceptors (Lipinski definition) is 3. The van der Waals surface area contributed by atoms with Gasteiger partial charge in [0.25, 0.3) is 0 Å². The molecular formula is C14H13N3. The first-order valence-electron chi connectivity index (χ1n) is 5.89. The number of rotatable bonds is 0. The quantitative estimate of drug-likeness (QED) is 0.642. The van der Waals surface area contributed by atoms with Crippen molar-refractivity contribution in [3.05, 3.63) is 54.1 Å². The molecule has 17 heavy (non-hydrogen) atoms. The van der Waals surface area contributed by atoms with Crippen LogP contribution in [0.4, 0.5) is 17.1 Å². The topological polar surface area (TPSA) is 36.1 Å². The van der Waals surface area contributed by atoms with Gasteiger partial charge >= 0.3 is 0 Å². The van der Waals surface area contributed by atoms with Crippen LogP contribution in [0.15, 0.2) is 48.5 Å². The van der Waals surface area contributed by atoms with Crippen molar-refractivity contribution in [2.24, 2.45) is 0 Å². The predicted octanol–water partition coefficient (Wildman–Crippen LogP) is 3.02. The fourth-order valence-electron chi connectivity index (χ4n) is 2.68. The van der Waals surface area contributed by atoms with Crippen LogP contribution in [0.2, 0.25) is 0 Å². The van der Waals surface area contributed by atoms with E-state index in [0.29, 0.717) is 6.04 Å². The second kappa shape index (κ2) is 3.17. The molecule has 0 radical (unpaired) electrons. The van der Waals surface area contributed by atoms with Crippen molar-refractivity contribution in [2.75, 3.05) is 16.0 Å². The lowest BCUT2D eigenvalue weighted by atomic mass is 10.0. The average Bonchev–Trinajstić information content (AvgIpc) is 2.73. The number of benzene rings is 2. The van der Waals surface area contributed by atoms with E-state index in [1.165, 1.54) is 16.9 Å². The second-order valence-electron chi connectivity index (χ2n) is 4.52. The van der Waals surface area contributed by atoms with Gasteiger partial charge in [-0.05, 0) is 18.2 Å². The number of anilines is 3. The van der Waals surface area contributed by atoms with E-state index in [2.05, 4.69) is 64.5 Å². The van der Waals surface area contributed by atoms with Gasteiger partial charge < -0.3 is 16.0 Å². The van der Waals surface area contributed by atoms with E-state index in [1.54, 1.807) is 0 Å². The third-order valence-electron chi connectivity index (χ3n) is 3.49. The van der Waals surface area contributed by atoms with Crippen LogP contribution in [-0.4, -0.2) is 6.17 Å². The summed E-state index contributed by atoms with van der Waals surface area (Å²) in [6, 6.07) is 17.1. The molecule has 2 atom stereocenters. The molecule has 84 valence electrons. The van der Waals surface area contributed by atoms with E-state index in [0.717, 1.165) is 5.69 Å². The minimum atomic E-state index is 0.238. The molecule has 0 saturated heterocycles. The SMILES string of the molecule is c1ccc2c(c1)NC1Nc3ccccc3C1N2. The van der Waals surface area contributed by atoms with Gasteiger partial charge in [0.2, 0.25) is 0 Å². The summed E-state index contributed by atoms with van der Waals surface area (Å²) in [4.78, 5) is 0. The van der Waals surface area contributed by atoms with Gasteiger partial charge in [0.05, 0.1) is 17.4 Å². The lowest BCUT2D eigenvalue weighted by molar-refractivity contribution is 0.701. The monoisotopic (exact) mass is 223 g/mol. The molecule has 3 N–H and O–H groups in total. The summed E-state index contributed by atoms with van der Waals surface area (Å²) in [7, 11) is 0.